The molecule has 1 aliphatic heterocycles. The fraction of sp³-hybridized carbons (Fsp3) is 0.375. The van der Waals surface area contributed by atoms with Crippen LogP contribution in [0.15, 0.2) is 53.7 Å². The molecule has 0 saturated heterocycles. The molecule has 2 amide bonds. The highest BCUT2D eigenvalue weighted by molar-refractivity contribution is 7.90. The summed E-state index contributed by atoms with van der Waals surface area (Å²) in [6.45, 7) is 5.38. The zero-order valence-corrected chi connectivity index (χ0v) is 20.0. The van der Waals surface area contributed by atoms with Crippen molar-refractivity contribution in [1.29, 1.82) is 0 Å². The van der Waals surface area contributed by atoms with E-state index >= 15 is 0 Å². The summed E-state index contributed by atoms with van der Waals surface area (Å²) in [4.78, 5) is 30.0. The molecule has 34 heavy (non-hydrogen) atoms. The predicted molar refractivity (Wildman–Crippen MR) is 126 cm³/mol. The molecular formula is C24H26N4O5S. The van der Waals surface area contributed by atoms with E-state index in [4.69, 9.17) is 4.74 Å². The van der Waals surface area contributed by atoms with Crippen molar-refractivity contribution < 1.29 is 22.7 Å². The lowest BCUT2D eigenvalue weighted by Gasteiger charge is -2.24. The van der Waals surface area contributed by atoms with Gasteiger partial charge in [0.05, 0.1) is 22.2 Å². The maximum atomic E-state index is 13.3. The number of benzene rings is 1. The lowest BCUT2D eigenvalue weighted by Crippen LogP contribution is -2.40. The van der Waals surface area contributed by atoms with Gasteiger partial charge in [-0.2, -0.15) is 0 Å². The van der Waals surface area contributed by atoms with Gasteiger partial charge in [0.25, 0.3) is 10.0 Å². The number of pyridine rings is 1. The van der Waals surface area contributed by atoms with E-state index in [1.165, 1.54) is 24.5 Å². The summed E-state index contributed by atoms with van der Waals surface area (Å²) >= 11 is 0. The summed E-state index contributed by atoms with van der Waals surface area (Å²) in [5.74, 6) is -0.163. The van der Waals surface area contributed by atoms with Crippen LogP contribution in [0.25, 0.3) is 11.0 Å². The fourth-order valence-electron chi connectivity index (χ4n) is 5.00. The van der Waals surface area contributed by atoms with E-state index in [1.54, 1.807) is 45.0 Å². The Kier molecular flexibility index (Phi) is 4.98. The number of nitrogens with one attached hydrogen (secondary N) is 2. The van der Waals surface area contributed by atoms with Gasteiger partial charge in [0, 0.05) is 23.2 Å². The Morgan fingerprint density at radius 3 is 2.68 bits per heavy atom. The first-order chi connectivity index (χ1) is 16.0. The van der Waals surface area contributed by atoms with Crippen LogP contribution in [0, 0.1) is 0 Å². The number of hydrogen-bond donors (Lipinski definition) is 2. The molecular weight excluding hydrogens is 456 g/mol. The number of carbonyl (C=O) groups is 2. The summed E-state index contributed by atoms with van der Waals surface area (Å²) in [5, 5.41) is 6.39. The maximum absolute atomic E-state index is 13.3. The van der Waals surface area contributed by atoms with Crippen LogP contribution in [0.5, 0.6) is 0 Å². The van der Waals surface area contributed by atoms with E-state index in [2.05, 4.69) is 15.6 Å². The molecule has 2 aliphatic rings. The molecule has 2 aromatic heterocycles. The Labute approximate surface area is 197 Å². The van der Waals surface area contributed by atoms with Crippen LogP contribution in [0.2, 0.25) is 0 Å². The van der Waals surface area contributed by atoms with Crippen LogP contribution >= 0.6 is 0 Å². The zero-order chi connectivity index (χ0) is 24.3. The Morgan fingerprint density at radius 2 is 1.97 bits per heavy atom. The standard InChI is InChI=1S/C24H26N4O5S/c1-23(2,3)33-22(30)26-15-9-11-24(13-15)19-17-10-12-28(20(17)25-14-18(19)27-21(24)29)34(31,32)16-7-5-4-6-8-16/h4-8,10,12,14-15H,9,11,13H2,1-3H3,(H,26,30)(H,27,29)/t15-,24+/m0/s1. The smallest absolute Gasteiger partial charge is 0.407 e. The minimum Gasteiger partial charge on any atom is -0.444 e. The summed E-state index contributed by atoms with van der Waals surface area (Å²) in [5.41, 5.74) is 0.0759. The molecule has 1 fully saturated rings. The number of alkyl carbamates (subject to hydrolysis) is 1. The van der Waals surface area contributed by atoms with Crippen molar-refractivity contribution in [3.05, 3.63) is 54.4 Å². The number of rotatable bonds is 3. The fourth-order valence-corrected chi connectivity index (χ4v) is 6.33. The van der Waals surface area contributed by atoms with E-state index in [0.717, 1.165) is 9.54 Å². The summed E-state index contributed by atoms with van der Waals surface area (Å²) < 4.78 is 33.0. The topological polar surface area (TPSA) is 119 Å². The van der Waals surface area contributed by atoms with Gasteiger partial charge in [0.15, 0.2) is 5.65 Å². The molecule has 0 radical (unpaired) electrons. The average molecular weight is 483 g/mol. The number of anilines is 1. The van der Waals surface area contributed by atoms with Crippen LogP contribution < -0.4 is 10.6 Å². The Bertz CT molecular complexity index is 1410. The van der Waals surface area contributed by atoms with Crippen LogP contribution in [-0.2, 0) is 25.0 Å². The minimum absolute atomic E-state index is 0.154. The molecule has 0 bridgehead atoms. The molecule has 1 spiro atoms. The van der Waals surface area contributed by atoms with Crippen molar-refractivity contribution in [2.75, 3.05) is 5.32 Å². The second kappa shape index (κ2) is 7.56. The van der Waals surface area contributed by atoms with Crippen LogP contribution in [0.3, 0.4) is 0 Å². The Morgan fingerprint density at radius 1 is 1.24 bits per heavy atom. The summed E-state index contributed by atoms with van der Waals surface area (Å²) in [7, 11) is -3.86. The third-order valence-electron chi connectivity index (χ3n) is 6.38. The first-order valence-electron chi connectivity index (χ1n) is 11.1. The monoisotopic (exact) mass is 482 g/mol. The van der Waals surface area contributed by atoms with Gasteiger partial charge in [-0.05, 0) is 58.2 Å². The SMILES string of the molecule is CC(C)(C)OC(=O)N[C@H]1CC[C@]2(C1)C(=O)Nc1cnc3c(ccn3S(=O)(=O)c3ccccc3)c12. The van der Waals surface area contributed by atoms with Crippen molar-refractivity contribution in [3.8, 4) is 0 Å². The third kappa shape index (κ3) is 3.53. The first kappa shape index (κ1) is 22.4. The van der Waals surface area contributed by atoms with Gasteiger partial charge in [0.2, 0.25) is 5.91 Å². The molecule has 2 atom stereocenters. The Balaban J connectivity index is 1.52. The van der Waals surface area contributed by atoms with E-state index in [-0.39, 0.29) is 22.5 Å². The van der Waals surface area contributed by atoms with Crippen molar-refractivity contribution in [3.63, 3.8) is 0 Å². The lowest BCUT2D eigenvalue weighted by molar-refractivity contribution is -0.120. The number of carbonyl (C=O) groups excluding carboxylic acids is 2. The molecule has 5 rings (SSSR count). The molecule has 0 unspecified atom stereocenters. The van der Waals surface area contributed by atoms with Gasteiger partial charge < -0.3 is 15.4 Å². The van der Waals surface area contributed by atoms with Crippen LogP contribution in [0.4, 0.5) is 10.5 Å². The molecule has 1 saturated carbocycles. The molecule has 178 valence electrons. The molecule has 10 heteroatoms. The van der Waals surface area contributed by atoms with E-state index in [1.807, 2.05) is 0 Å². The lowest BCUT2D eigenvalue weighted by atomic mass is 9.79. The van der Waals surface area contributed by atoms with Crippen molar-refractivity contribution in [1.82, 2.24) is 14.3 Å². The van der Waals surface area contributed by atoms with Crippen molar-refractivity contribution in [2.45, 2.75) is 62.0 Å². The number of ether oxygens (including phenoxy) is 1. The number of amides is 2. The minimum atomic E-state index is -3.86. The zero-order valence-electron chi connectivity index (χ0n) is 19.2. The van der Waals surface area contributed by atoms with Crippen LogP contribution in [0.1, 0.15) is 45.6 Å². The van der Waals surface area contributed by atoms with Crippen molar-refractivity contribution >= 4 is 38.7 Å². The highest BCUT2D eigenvalue weighted by Crippen LogP contribution is 2.51. The number of aromatic nitrogens is 2. The molecule has 2 N–H and O–H groups in total. The Hall–Kier alpha value is -3.40. The summed E-state index contributed by atoms with van der Waals surface area (Å²) in [6.07, 6.45) is 3.97. The molecule has 9 nitrogen and oxygen atoms in total. The third-order valence-corrected chi connectivity index (χ3v) is 8.06. The second-order valence-corrected chi connectivity index (χ2v) is 11.7. The second-order valence-electron chi connectivity index (χ2n) is 9.84. The molecule has 3 heterocycles. The van der Waals surface area contributed by atoms with Crippen LogP contribution in [-0.4, -0.2) is 41.0 Å². The van der Waals surface area contributed by atoms with Gasteiger partial charge in [0.1, 0.15) is 5.60 Å². The summed E-state index contributed by atoms with van der Waals surface area (Å²) in [6, 6.07) is 9.59. The number of fused-ring (bicyclic) bond motifs is 4. The van der Waals surface area contributed by atoms with Gasteiger partial charge >= 0.3 is 6.09 Å². The quantitative estimate of drug-likeness (QED) is 0.589. The van der Waals surface area contributed by atoms with Gasteiger partial charge in [-0.15, -0.1) is 0 Å². The first-order valence-corrected chi connectivity index (χ1v) is 12.6. The maximum Gasteiger partial charge on any atom is 0.407 e. The van der Waals surface area contributed by atoms with Crippen molar-refractivity contribution in [2.24, 2.45) is 0 Å². The average Bonchev–Trinajstić information content (AvgIpc) is 3.44. The van der Waals surface area contributed by atoms with Gasteiger partial charge in [-0.1, -0.05) is 18.2 Å². The largest absolute Gasteiger partial charge is 0.444 e. The number of nitrogens with zero attached hydrogens (tertiary/aromatic N) is 2. The predicted octanol–water partition coefficient (Wildman–Crippen LogP) is 3.54. The molecule has 1 aromatic carbocycles. The molecule has 1 aliphatic carbocycles. The van der Waals surface area contributed by atoms with E-state index in [9.17, 15) is 18.0 Å². The van der Waals surface area contributed by atoms with Gasteiger partial charge in [-0.25, -0.2) is 22.2 Å². The highest BCUT2D eigenvalue weighted by atomic mass is 32.2. The number of hydrogen-bond acceptors (Lipinski definition) is 6. The van der Waals surface area contributed by atoms with E-state index < -0.39 is 27.1 Å². The molecule has 3 aromatic rings. The highest BCUT2D eigenvalue weighted by Gasteiger charge is 2.53. The van der Waals surface area contributed by atoms with E-state index in [0.29, 0.717) is 30.3 Å². The normalized spacial score (nSPS) is 22.1. The van der Waals surface area contributed by atoms with Gasteiger partial charge in [-0.3, -0.25) is 4.79 Å².